The summed E-state index contributed by atoms with van der Waals surface area (Å²) in [7, 11) is -11.1. The number of hydrogen-bond donors (Lipinski definition) is 0. The molecule has 0 radical (unpaired) electrons. The number of alkyl halides is 6. The Morgan fingerprint density at radius 2 is 1.19 bits per heavy atom. The molecule has 0 spiro atoms. The van der Waals surface area contributed by atoms with E-state index in [2.05, 4.69) is 0 Å². The summed E-state index contributed by atoms with van der Waals surface area (Å²) in [4.78, 5) is -1.19. The molecular weight excluding hydrogens is 350 g/mol. The van der Waals surface area contributed by atoms with Gasteiger partial charge >= 0.3 is 11.0 Å². The Hall–Kier alpha value is -1.30. The molecule has 12 heteroatoms. The molecular formula is C9H6F6O4S2. The second kappa shape index (κ2) is 5.16. The van der Waals surface area contributed by atoms with Crippen molar-refractivity contribution in [2.24, 2.45) is 0 Å². The molecule has 0 amide bonds. The fourth-order valence-corrected chi connectivity index (χ4v) is 2.76. The molecule has 0 atom stereocenters. The molecule has 0 heterocycles. The van der Waals surface area contributed by atoms with Crippen LogP contribution < -0.4 is 0 Å². The topological polar surface area (TPSA) is 68.3 Å². The van der Waals surface area contributed by atoms with Gasteiger partial charge in [-0.25, -0.2) is 16.8 Å². The molecule has 1 aromatic carbocycles. The van der Waals surface area contributed by atoms with Gasteiger partial charge < -0.3 is 0 Å². The van der Waals surface area contributed by atoms with Crippen molar-refractivity contribution in [1.82, 2.24) is 0 Å². The Labute approximate surface area is 115 Å². The average Bonchev–Trinajstić information content (AvgIpc) is 2.26. The summed E-state index contributed by atoms with van der Waals surface area (Å²) in [5.41, 5.74) is -11.6. The van der Waals surface area contributed by atoms with Crippen molar-refractivity contribution in [3.63, 3.8) is 0 Å². The summed E-state index contributed by atoms with van der Waals surface area (Å²) in [5, 5.41) is 0. The summed E-state index contributed by atoms with van der Waals surface area (Å²) in [6.45, 7) is 0. The summed E-state index contributed by atoms with van der Waals surface area (Å²) < 4.78 is 117. The van der Waals surface area contributed by atoms with E-state index in [4.69, 9.17) is 0 Å². The minimum absolute atomic E-state index is 0.393. The van der Waals surface area contributed by atoms with E-state index in [1.807, 2.05) is 0 Å². The molecule has 0 aromatic heterocycles. The zero-order chi connectivity index (χ0) is 16.7. The van der Waals surface area contributed by atoms with E-state index in [1.54, 1.807) is 0 Å². The van der Waals surface area contributed by atoms with Crippen LogP contribution in [0.15, 0.2) is 29.2 Å². The van der Waals surface area contributed by atoms with Crippen molar-refractivity contribution in [2.75, 3.05) is 0 Å². The highest BCUT2D eigenvalue weighted by molar-refractivity contribution is 7.92. The van der Waals surface area contributed by atoms with Gasteiger partial charge in [-0.1, -0.05) is 12.1 Å². The van der Waals surface area contributed by atoms with Crippen LogP contribution in [-0.4, -0.2) is 27.9 Å². The van der Waals surface area contributed by atoms with Gasteiger partial charge in [0.25, 0.3) is 19.7 Å². The van der Waals surface area contributed by atoms with E-state index in [1.165, 1.54) is 0 Å². The van der Waals surface area contributed by atoms with Crippen molar-refractivity contribution in [3.05, 3.63) is 29.8 Å². The molecule has 0 saturated carbocycles. The molecule has 0 aliphatic rings. The molecule has 120 valence electrons. The predicted octanol–water partition coefficient (Wildman–Crippen LogP) is 2.41. The van der Waals surface area contributed by atoms with Gasteiger partial charge in [0.05, 0.1) is 10.6 Å². The number of halogens is 6. The highest BCUT2D eigenvalue weighted by atomic mass is 32.2. The normalized spacial score (nSPS) is 14.2. The molecule has 0 unspecified atom stereocenters. The SMILES string of the molecule is O=S(=O)(Cc1ccc(S(=O)(=O)C(F)(F)F)cc1)C(F)(F)F. The lowest BCUT2D eigenvalue weighted by molar-refractivity contribution is -0.0442. The van der Waals surface area contributed by atoms with Gasteiger partial charge in [-0.15, -0.1) is 0 Å². The molecule has 0 bridgehead atoms. The third-order valence-corrected chi connectivity index (χ3v) is 5.17. The van der Waals surface area contributed by atoms with Crippen molar-refractivity contribution in [2.45, 2.75) is 21.7 Å². The fraction of sp³-hybridized carbons (Fsp3) is 0.333. The number of benzene rings is 1. The highest BCUT2D eigenvalue weighted by Crippen LogP contribution is 2.31. The Bertz CT molecular complexity index is 713. The second-order valence-corrected chi connectivity index (χ2v) is 7.72. The summed E-state index contributed by atoms with van der Waals surface area (Å²) >= 11 is 0. The maximum atomic E-state index is 12.2. The molecule has 0 N–H and O–H groups in total. The van der Waals surface area contributed by atoms with E-state index in [-0.39, 0.29) is 0 Å². The van der Waals surface area contributed by atoms with E-state index < -0.39 is 46.9 Å². The minimum atomic E-state index is -5.64. The van der Waals surface area contributed by atoms with Gasteiger partial charge in [0.2, 0.25) is 0 Å². The highest BCUT2D eigenvalue weighted by Gasteiger charge is 2.47. The van der Waals surface area contributed by atoms with Gasteiger partial charge in [-0.05, 0) is 17.7 Å². The van der Waals surface area contributed by atoms with Crippen LogP contribution in [0.5, 0.6) is 0 Å². The van der Waals surface area contributed by atoms with Gasteiger partial charge in [-0.3, -0.25) is 0 Å². The second-order valence-electron chi connectivity index (χ2n) is 3.80. The number of rotatable bonds is 3. The van der Waals surface area contributed by atoms with E-state index in [0.717, 1.165) is 0 Å². The van der Waals surface area contributed by atoms with Gasteiger partial charge in [-0.2, -0.15) is 26.3 Å². The molecule has 4 nitrogen and oxygen atoms in total. The first-order valence-corrected chi connectivity index (χ1v) is 8.01. The van der Waals surface area contributed by atoms with Crippen LogP contribution in [0.3, 0.4) is 0 Å². The summed E-state index contributed by atoms with van der Waals surface area (Å²) in [6.07, 6.45) is 0. The maximum Gasteiger partial charge on any atom is 0.501 e. The lowest BCUT2D eigenvalue weighted by Gasteiger charge is -2.10. The quantitative estimate of drug-likeness (QED) is 0.780. The molecule has 0 saturated heterocycles. The largest absolute Gasteiger partial charge is 0.501 e. The van der Waals surface area contributed by atoms with Crippen LogP contribution >= 0.6 is 0 Å². The molecule has 1 aromatic rings. The first kappa shape index (κ1) is 17.8. The van der Waals surface area contributed by atoms with Crippen LogP contribution in [0.25, 0.3) is 0 Å². The van der Waals surface area contributed by atoms with Crippen LogP contribution in [-0.2, 0) is 25.4 Å². The van der Waals surface area contributed by atoms with Crippen molar-refractivity contribution in [3.8, 4) is 0 Å². The summed E-state index contributed by atoms with van der Waals surface area (Å²) in [6, 6.07) is 1.93. The van der Waals surface area contributed by atoms with E-state index >= 15 is 0 Å². The first-order chi connectivity index (χ1) is 9.18. The molecule has 0 fully saturated rings. The van der Waals surface area contributed by atoms with E-state index in [0.29, 0.717) is 24.3 Å². The Balaban J connectivity index is 3.12. The van der Waals surface area contributed by atoms with Crippen molar-refractivity contribution < 1.29 is 43.2 Å². The van der Waals surface area contributed by atoms with Crippen LogP contribution in [0.2, 0.25) is 0 Å². The van der Waals surface area contributed by atoms with Crippen molar-refractivity contribution in [1.29, 1.82) is 0 Å². The molecule has 0 aliphatic carbocycles. The average molecular weight is 356 g/mol. The monoisotopic (exact) mass is 356 g/mol. The standard InChI is InChI=1S/C9H6F6O4S2/c10-8(11,12)20(16,17)5-6-1-3-7(4-2-6)21(18,19)9(13,14)15/h1-4H,5H2. The van der Waals surface area contributed by atoms with Crippen LogP contribution in [0.4, 0.5) is 26.3 Å². The van der Waals surface area contributed by atoms with Crippen LogP contribution in [0, 0.1) is 0 Å². The maximum absolute atomic E-state index is 12.2. The number of hydrogen-bond acceptors (Lipinski definition) is 4. The van der Waals surface area contributed by atoms with Gasteiger partial charge in [0, 0.05) is 0 Å². The Morgan fingerprint density at radius 3 is 1.52 bits per heavy atom. The Kier molecular flexibility index (Phi) is 4.36. The van der Waals surface area contributed by atoms with E-state index in [9.17, 15) is 43.2 Å². The smallest absolute Gasteiger partial charge is 0.219 e. The molecule has 1 rings (SSSR count). The molecule has 0 aliphatic heterocycles. The Morgan fingerprint density at radius 1 is 0.762 bits per heavy atom. The van der Waals surface area contributed by atoms with Gasteiger partial charge in [0.1, 0.15) is 0 Å². The molecule has 21 heavy (non-hydrogen) atoms. The number of sulfone groups is 2. The predicted molar refractivity (Wildman–Crippen MR) is 58.4 cm³/mol. The summed E-state index contributed by atoms with van der Waals surface area (Å²) in [5.74, 6) is -1.50. The van der Waals surface area contributed by atoms with Crippen molar-refractivity contribution >= 4 is 19.7 Å². The van der Waals surface area contributed by atoms with Crippen LogP contribution in [0.1, 0.15) is 5.56 Å². The zero-order valence-corrected chi connectivity index (χ0v) is 11.4. The first-order valence-electron chi connectivity index (χ1n) is 4.88. The van der Waals surface area contributed by atoms with Gasteiger partial charge in [0.15, 0.2) is 0 Å². The minimum Gasteiger partial charge on any atom is -0.219 e. The lowest BCUT2D eigenvalue weighted by Crippen LogP contribution is -2.25. The lowest BCUT2D eigenvalue weighted by atomic mass is 10.2. The zero-order valence-electron chi connectivity index (χ0n) is 9.73. The fourth-order valence-electron chi connectivity index (χ4n) is 1.20. The third-order valence-electron chi connectivity index (χ3n) is 2.25. The third kappa shape index (κ3) is 3.67.